The van der Waals surface area contributed by atoms with Crippen molar-refractivity contribution in [2.24, 2.45) is 0 Å². The highest BCUT2D eigenvalue weighted by Gasteiger charge is 2.24. The Morgan fingerprint density at radius 3 is 2.94 bits per heavy atom. The summed E-state index contributed by atoms with van der Waals surface area (Å²) in [6.07, 6.45) is 1.88. The predicted octanol–water partition coefficient (Wildman–Crippen LogP) is 2.70. The maximum atomic E-state index is 11.8. The number of aromatic nitrogens is 1. The summed E-state index contributed by atoms with van der Waals surface area (Å²) in [6.45, 7) is 2.75. The van der Waals surface area contributed by atoms with Gasteiger partial charge in [-0.15, -0.1) is 11.3 Å². The third-order valence-corrected chi connectivity index (χ3v) is 3.92. The molecule has 0 fully saturated rings. The van der Waals surface area contributed by atoms with Crippen molar-refractivity contribution in [2.75, 3.05) is 7.05 Å². The number of hydrogen-bond acceptors (Lipinski definition) is 3. The first-order valence-corrected chi connectivity index (χ1v) is 6.28. The van der Waals surface area contributed by atoms with E-state index in [1.54, 1.807) is 16.2 Å². The van der Waals surface area contributed by atoms with E-state index in [4.69, 9.17) is 0 Å². The molecule has 0 saturated carbocycles. The van der Waals surface area contributed by atoms with Crippen molar-refractivity contribution < 1.29 is 4.79 Å². The Labute approximate surface area is 104 Å². The number of fused-ring (bicyclic) bond motifs is 1. The molecule has 0 aliphatic carbocycles. The molecule has 2 heterocycles. The minimum atomic E-state index is 0.113. The number of hydrogen-bond donors (Lipinski definition) is 0. The molecule has 2 aromatic rings. The van der Waals surface area contributed by atoms with Crippen molar-refractivity contribution in [1.82, 2.24) is 9.88 Å². The van der Waals surface area contributed by atoms with E-state index < -0.39 is 0 Å². The van der Waals surface area contributed by atoms with Gasteiger partial charge in [0.2, 0.25) is 0 Å². The Morgan fingerprint density at radius 1 is 1.41 bits per heavy atom. The molecular formula is C13H12N2OS. The molecule has 1 aromatic heterocycles. The van der Waals surface area contributed by atoms with Crippen LogP contribution in [0.1, 0.15) is 20.8 Å². The lowest BCUT2D eigenvalue weighted by Gasteiger charge is -2.04. The summed E-state index contributed by atoms with van der Waals surface area (Å²) < 4.78 is 0. The van der Waals surface area contributed by atoms with Gasteiger partial charge in [0.25, 0.3) is 5.91 Å². The first-order chi connectivity index (χ1) is 8.15. The third kappa shape index (κ3) is 1.65. The summed E-state index contributed by atoms with van der Waals surface area (Å²) in [5.74, 6) is 0.113. The highest BCUT2D eigenvalue weighted by Crippen LogP contribution is 2.29. The van der Waals surface area contributed by atoms with E-state index in [2.05, 4.69) is 11.1 Å². The zero-order valence-electron chi connectivity index (χ0n) is 9.73. The van der Waals surface area contributed by atoms with Gasteiger partial charge in [0.05, 0.1) is 0 Å². The van der Waals surface area contributed by atoms with Crippen LogP contribution in [0.3, 0.4) is 0 Å². The summed E-state index contributed by atoms with van der Waals surface area (Å²) in [7, 11) is 1.83. The van der Waals surface area contributed by atoms with Crippen molar-refractivity contribution in [2.45, 2.75) is 13.5 Å². The molecule has 0 atom stereocenters. The molecule has 0 N–H and O–H groups in total. The van der Waals surface area contributed by atoms with Crippen LogP contribution < -0.4 is 0 Å². The van der Waals surface area contributed by atoms with Crippen LogP contribution in [0.2, 0.25) is 0 Å². The minimum absolute atomic E-state index is 0.113. The second-order valence-electron chi connectivity index (χ2n) is 4.31. The van der Waals surface area contributed by atoms with E-state index in [1.165, 1.54) is 4.88 Å². The third-order valence-electron chi connectivity index (χ3n) is 2.96. The lowest BCUT2D eigenvalue weighted by molar-refractivity contribution is 0.0816. The van der Waals surface area contributed by atoms with Crippen LogP contribution in [0, 0.1) is 6.92 Å². The van der Waals surface area contributed by atoms with Gasteiger partial charge in [0, 0.05) is 35.8 Å². The molecule has 4 heteroatoms. The number of thiazole rings is 1. The zero-order valence-corrected chi connectivity index (χ0v) is 10.5. The molecule has 1 aliphatic rings. The average Bonchev–Trinajstić information content (AvgIpc) is 2.85. The maximum Gasteiger partial charge on any atom is 0.254 e. The summed E-state index contributed by atoms with van der Waals surface area (Å²) in [6, 6.07) is 5.97. The molecule has 0 radical (unpaired) electrons. The van der Waals surface area contributed by atoms with E-state index in [1.807, 2.05) is 32.3 Å². The van der Waals surface area contributed by atoms with Crippen LogP contribution in [0.5, 0.6) is 0 Å². The number of nitrogens with zero attached hydrogens (tertiary/aromatic N) is 2. The fraction of sp³-hybridized carbons (Fsp3) is 0.231. The van der Waals surface area contributed by atoms with Crippen molar-refractivity contribution >= 4 is 17.2 Å². The monoisotopic (exact) mass is 244 g/mol. The van der Waals surface area contributed by atoms with Crippen molar-refractivity contribution in [3.05, 3.63) is 40.4 Å². The van der Waals surface area contributed by atoms with Crippen molar-refractivity contribution in [1.29, 1.82) is 0 Å². The zero-order chi connectivity index (χ0) is 12.0. The molecule has 1 amide bonds. The predicted molar refractivity (Wildman–Crippen MR) is 68.1 cm³/mol. The lowest BCUT2D eigenvalue weighted by Crippen LogP contribution is -2.17. The van der Waals surface area contributed by atoms with E-state index in [0.29, 0.717) is 6.54 Å². The molecule has 0 bridgehead atoms. The Morgan fingerprint density at radius 2 is 2.24 bits per heavy atom. The van der Waals surface area contributed by atoms with Gasteiger partial charge in [-0.1, -0.05) is 6.07 Å². The first-order valence-electron chi connectivity index (χ1n) is 5.46. The number of rotatable bonds is 1. The van der Waals surface area contributed by atoms with Crippen LogP contribution in [-0.2, 0) is 6.54 Å². The van der Waals surface area contributed by atoms with Gasteiger partial charge in [-0.05, 0) is 24.6 Å². The quantitative estimate of drug-likeness (QED) is 0.772. The molecule has 3 nitrogen and oxygen atoms in total. The Balaban J connectivity index is 2.06. The van der Waals surface area contributed by atoms with Gasteiger partial charge in [-0.2, -0.15) is 0 Å². The molecule has 0 spiro atoms. The molecule has 1 aromatic carbocycles. The summed E-state index contributed by atoms with van der Waals surface area (Å²) in [5, 5.41) is 1.02. The van der Waals surface area contributed by atoms with Crippen LogP contribution in [0.4, 0.5) is 0 Å². The largest absolute Gasteiger partial charge is 0.337 e. The Bertz CT molecular complexity index is 603. The second-order valence-corrected chi connectivity index (χ2v) is 5.54. The Hall–Kier alpha value is -1.68. The fourth-order valence-electron chi connectivity index (χ4n) is 2.09. The molecule has 0 unspecified atom stereocenters. The first kappa shape index (κ1) is 10.5. The Kier molecular flexibility index (Phi) is 2.26. The highest BCUT2D eigenvalue weighted by atomic mass is 32.1. The van der Waals surface area contributed by atoms with Gasteiger partial charge in [-0.25, -0.2) is 4.98 Å². The topological polar surface area (TPSA) is 33.2 Å². The van der Waals surface area contributed by atoms with Crippen LogP contribution in [0.25, 0.3) is 10.6 Å². The van der Waals surface area contributed by atoms with Crippen molar-refractivity contribution in [3.8, 4) is 10.6 Å². The molecule has 3 rings (SSSR count). The number of aryl methyl sites for hydroxylation is 1. The summed E-state index contributed by atoms with van der Waals surface area (Å²) >= 11 is 1.68. The molecule has 0 saturated heterocycles. The smallest absolute Gasteiger partial charge is 0.254 e. The SMILES string of the molecule is Cc1cnc(-c2ccc3c(c2)CN(C)C3=O)s1. The fourth-order valence-corrected chi connectivity index (χ4v) is 2.85. The average molecular weight is 244 g/mol. The number of carbonyl (C=O) groups excluding carboxylic acids is 1. The highest BCUT2D eigenvalue weighted by molar-refractivity contribution is 7.14. The summed E-state index contributed by atoms with van der Waals surface area (Å²) in [5.41, 5.74) is 3.03. The second kappa shape index (κ2) is 3.67. The van der Waals surface area contributed by atoms with E-state index >= 15 is 0 Å². The molecule has 17 heavy (non-hydrogen) atoms. The van der Waals surface area contributed by atoms with E-state index in [-0.39, 0.29) is 5.91 Å². The molecular weight excluding hydrogens is 232 g/mol. The standard InChI is InChI=1S/C13H12N2OS/c1-8-6-14-12(17-8)9-3-4-11-10(5-9)7-15(2)13(11)16/h3-6H,7H2,1-2H3. The molecule has 1 aliphatic heterocycles. The van der Waals surface area contributed by atoms with Gasteiger partial charge in [0.1, 0.15) is 5.01 Å². The van der Waals surface area contributed by atoms with Gasteiger partial charge >= 0.3 is 0 Å². The normalized spacial score (nSPS) is 14.2. The van der Waals surface area contributed by atoms with Crippen LogP contribution >= 0.6 is 11.3 Å². The van der Waals surface area contributed by atoms with Crippen LogP contribution in [0.15, 0.2) is 24.4 Å². The minimum Gasteiger partial charge on any atom is -0.337 e. The maximum absolute atomic E-state index is 11.8. The van der Waals surface area contributed by atoms with Crippen LogP contribution in [-0.4, -0.2) is 22.8 Å². The number of benzene rings is 1. The number of carbonyl (C=O) groups is 1. The van der Waals surface area contributed by atoms with Gasteiger partial charge in [-0.3, -0.25) is 4.79 Å². The van der Waals surface area contributed by atoms with E-state index in [9.17, 15) is 4.79 Å². The van der Waals surface area contributed by atoms with Crippen molar-refractivity contribution in [3.63, 3.8) is 0 Å². The van der Waals surface area contributed by atoms with Gasteiger partial charge in [0.15, 0.2) is 0 Å². The lowest BCUT2D eigenvalue weighted by atomic mass is 10.1. The summed E-state index contributed by atoms with van der Waals surface area (Å²) in [4.78, 5) is 19.1. The number of amides is 1. The van der Waals surface area contributed by atoms with Gasteiger partial charge < -0.3 is 4.90 Å². The molecule has 86 valence electrons. The van der Waals surface area contributed by atoms with E-state index in [0.717, 1.165) is 21.7 Å².